The van der Waals surface area contributed by atoms with Crippen molar-refractivity contribution in [3.8, 4) is 22.3 Å². The Morgan fingerprint density at radius 3 is 2.24 bits per heavy atom. The van der Waals surface area contributed by atoms with Crippen LogP contribution in [-0.4, -0.2) is 24.3 Å². The van der Waals surface area contributed by atoms with E-state index in [4.69, 9.17) is 9.84 Å². The Bertz CT molecular complexity index is 1050. The van der Waals surface area contributed by atoms with Gasteiger partial charge in [0.15, 0.2) is 0 Å². The summed E-state index contributed by atoms with van der Waals surface area (Å²) in [6.07, 6.45) is 9.01. The average Bonchev–Trinajstić information content (AvgIpc) is 2.86. The predicted molar refractivity (Wildman–Crippen MR) is 137 cm³/mol. The molecule has 0 bridgehead atoms. The van der Waals surface area contributed by atoms with Crippen molar-refractivity contribution >= 4 is 12.0 Å². The first-order valence-corrected chi connectivity index (χ1v) is 11.9. The van der Waals surface area contributed by atoms with Crippen LogP contribution in [0.2, 0.25) is 0 Å². The standard InChI is InChI=1S/C30H34O3/c1-3-5-6-7-23-8-13-26(14-9-23)28-17-18-29(25(4-2)22-28)27-15-10-24(11-16-27)12-19-30(32)33-21-20-31/h8-19,22,31H,3-7,20-21H2,1-2H3/b19-12+. The number of carbonyl (C=O) groups is 1. The molecule has 0 aliphatic heterocycles. The Labute approximate surface area is 197 Å². The zero-order valence-corrected chi connectivity index (χ0v) is 19.7. The number of aryl methyl sites for hydroxylation is 2. The number of carbonyl (C=O) groups excluding carboxylic acids is 1. The van der Waals surface area contributed by atoms with Gasteiger partial charge in [-0.2, -0.15) is 0 Å². The SMILES string of the molecule is CCCCCc1ccc(-c2ccc(-c3ccc(/C=C/C(=O)OCCO)cc3)c(CC)c2)cc1. The summed E-state index contributed by atoms with van der Waals surface area (Å²) in [5.74, 6) is -0.453. The molecule has 0 aromatic heterocycles. The molecule has 3 nitrogen and oxygen atoms in total. The van der Waals surface area contributed by atoms with E-state index < -0.39 is 5.97 Å². The topological polar surface area (TPSA) is 46.5 Å². The van der Waals surface area contributed by atoms with Crippen LogP contribution < -0.4 is 0 Å². The van der Waals surface area contributed by atoms with Crippen LogP contribution in [0, 0.1) is 0 Å². The Hall–Kier alpha value is -3.17. The van der Waals surface area contributed by atoms with Crippen molar-refractivity contribution in [1.29, 1.82) is 0 Å². The van der Waals surface area contributed by atoms with Gasteiger partial charge in [-0.15, -0.1) is 0 Å². The van der Waals surface area contributed by atoms with Gasteiger partial charge in [-0.3, -0.25) is 0 Å². The highest BCUT2D eigenvalue weighted by Gasteiger charge is 2.07. The predicted octanol–water partition coefficient (Wildman–Crippen LogP) is 6.86. The quantitative estimate of drug-likeness (QED) is 0.200. The summed E-state index contributed by atoms with van der Waals surface area (Å²) in [6, 6.07) is 23.9. The normalized spacial score (nSPS) is 11.1. The van der Waals surface area contributed by atoms with Crippen molar-refractivity contribution in [2.24, 2.45) is 0 Å². The zero-order valence-electron chi connectivity index (χ0n) is 19.7. The van der Waals surface area contributed by atoms with E-state index in [9.17, 15) is 4.79 Å². The minimum atomic E-state index is -0.453. The lowest BCUT2D eigenvalue weighted by molar-refractivity contribution is -0.138. The molecule has 0 spiro atoms. The third kappa shape index (κ3) is 7.16. The number of aliphatic hydroxyl groups excluding tert-OH is 1. The summed E-state index contributed by atoms with van der Waals surface area (Å²) in [7, 11) is 0. The van der Waals surface area contributed by atoms with E-state index >= 15 is 0 Å². The van der Waals surface area contributed by atoms with Gasteiger partial charge in [-0.05, 0) is 64.3 Å². The minimum absolute atomic E-state index is 0.0149. The smallest absolute Gasteiger partial charge is 0.330 e. The zero-order chi connectivity index (χ0) is 23.5. The van der Waals surface area contributed by atoms with Crippen molar-refractivity contribution in [3.63, 3.8) is 0 Å². The third-order valence-electron chi connectivity index (χ3n) is 5.81. The van der Waals surface area contributed by atoms with Crippen LogP contribution in [0.25, 0.3) is 28.3 Å². The molecule has 3 heteroatoms. The highest BCUT2D eigenvalue weighted by atomic mass is 16.5. The minimum Gasteiger partial charge on any atom is -0.460 e. The number of benzene rings is 3. The fraction of sp³-hybridized carbons (Fsp3) is 0.300. The molecule has 3 aromatic carbocycles. The van der Waals surface area contributed by atoms with E-state index in [2.05, 4.69) is 68.4 Å². The lowest BCUT2D eigenvalue weighted by atomic mass is 9.93. The number of unbranched alkanes of at least 4 members (excludes halogenated alkanes) is 2. The van der Waals surface area contributed by atoms with Crippen molar-refractivity contribution in [2.45, 2.75) is 46.0 Å². The first-order chi connectivity index (χ1) is 16.1. The molecule has 0 aliphatic rings. The summed E-state index contributed by atoms with van der Waals surface area (Å²) in [5.41, 5.74) is 8.54. The molecule has 172 valence electrons. The van der Waals surface area contributed by atoms with Gasteiger partial charge < -0.3 is 9.84 Å². The van der Waals surface area contributed by atoms with Gasteiger partial charge in [0, 0.05) is 6.08 Å². The van der Waals surface area contributed by atoms with Crippen molar-refractivity contribution in [3.05, 3.63) is 89.5 Å². The first kappa shape index (κ1) is 24.5. The Morgan fingerprint density at radius 2 is 1.58 bits per heavy atom. The number of esters is 1. The van der Waals surface area contributed by atoms with E-state index in [1.165, 1.54) is 53.2 Å². The highest BCUT2D eigenvalue weighted by Crippen LogP contribution is 2.30. The molecule has 3 rings (SSSR count). The lowest BCUT2D eigenvalue weighted by Crippen LogP contribution is -2.04. The van der Waals surface area contributed by atoms with Gasteiger partial charge in [0.25, 0.3) is 0 Å². The lowest BCUT2D eigenvalue weighted by Gasteiger charge is -2.12. The number of hydrogen-bond acceptors (Lipinski definition) is 3. The van der Waals surface area contributed by atoms with E-state index in [0.29, 0.717) is 0 Å². The molecule has 0 saturated heterocycles. The third-order valence-corrected chi connectivity index (χ3v) is 5.81. The number of rotatable bonds is 11. The number of ether oxygens (including phenoxy) is 1. The summed E-state index contributed by atoms with van der Waals surface area (Å²) >= 11 is 0. The second kappa shape index (κ2) is 12.8. The second-order valence-electron chi connectivity index (χ2n) is 8.23. The van der Waals surface area contributed by atoms with Crippen LogP contribution in [0.5, 0.6) is 0 Å². The van der Waals surface area contributed by atoms with Crippen LogP contribution in [0.3, 0.4) is 0 Å². The van der Waals surface area contributed by atoms with E-state index in [-0.39, 0.29) is 13.2 Å². The van der Waals surface area contributed by atoms with Crippen molar-refractivity contribution in [1.82, 2.24) is 0 Å². The van der Waals surface area contributed by atoms with Gasteiger partial charge in [-0.25, -0.2) is 4.79 Å². The highest BCUT2D eigenvalue weighted by molar-refractivity contribution is 5.87. The Morgan fingerprint density at radius 1 is 0.879 bits per heavy atom. The van der Waals surface area contributed by atoms with E-state index in [1.807, 2.05) is 12.1 Å². The fourth-order valence-corrected chi connectivity index (χ4v) is 3.92. The molecule has 0 heterocycles. The summed E-state index contributed by atoms with van der Waals surface area (Å²) in [6.45, 7) is 4.27. The molecule has 0 atom stereocenters. The molecule has 33 heavy (non-hydrogen) atoms. The maximum Gasteiger partial charge on any atom is 0.330 e. The van der Waals surface area contributed by atoms with Gasteiger partial charge in [0.2, 0.25) is 0 Å². The van der Waals surface area contributed by atoms with Crippen molar-refractivity contribution in [2.75, 3.05) is 13.2 Å². The molecule has 0 aliphatic carbocycles. The Balaban J connectivity index is 1.73. The molecule has 3 aromatic rings. The summed E-state index contributed by atoms with van der Waals surface area (Å²) in [5, 5.41) is 8.71. The molecule has 0 amide bonds. The molecule has 0 fully saturated rings. The molecule has 0 radical (unpaired) electrons. The number of aliphatic hydroxyl groups is 1. The average molecular weight is 443 g/mol. The van der Waals surface area contributed by atoms with Crippen molar-refractivity contribution < 1.29 is 14.6 Å². The van der Waals surface area contributed by atoms with E-state index in [1.54, 1.807) is 6.08 Å². The first-order valence-electron chi connectivity index (χ1n) is 11.9. The second-order valence-corrected chi connectivity index (χ2v) is 8.23. The maximum atomic E-state index is 11.6. The molecule has 0 unspecified atom stereocenters. The van der Waals surface area contributed by atoms with Crippen LogP contribution in [-0.2, 0) is 22.4 Å². The van der Waals surface area contributed by atoms with Crippen LogP contribution in [0.4, 0.5) is 0 Å². The maximum absolute atomic E-state index is 11.6. The molecular formula is C30H34O3. The van der Waals surface area contributed by atoms with Crippen LogP contribution in [0.1, 0.15) is 49.8 Å². The van der Waals surface area contributed by atoms with Crippen LogP contribution in [0.15, 0.2) is 72.8 Å². The molecular weight excluding hydrogens is 408 g/mol. The van der Waals surface area contributed by atoms with Gasteiger partial charge in [0.05, 0.1) is 6.61 Å². The summed E-state index contributed by atoms with van der Waals surface area (Å²) < 4.78 is 4.84. The number of hydrogen-bond donors (Lipinski definition) is 1. The molecule has 0 saturated carbocycles. The molecule has 1 N–H and O–H groups in total. The largest absolute Gasteiger partial charge is 0.460 e. The van der Waals surface area contributed by atoms with E-state index in [0.717, 1.165) is 24.0 Å². The Kier molecular flexibility index (Phi) is 9.46. The van der Waals surface area contributed by atoms with Crippen LogP contribution >= 0.6 is 0 Å². The van der Waals surface area contributed by atoms with Gasteiger partial charge in [0.1, 0.15) is 6.61 Å². The monoisotopic (exact) mass is 442 g/mol. The fourth-order valence-electron chi connectivity index (χ4n) is 3.92. The van der Waals surface area contributed by atoms with Gasteiger partial charge in [-0.1, -0.05) is 93.4 Å². The summed E-state index contributed by atoms with van der Waals surface area (Å²) in [4.78, 5) is 11.6. The van der Waals surface area contributed by atoms with Gasteiger partial charge >= 0.3 is 5.97 Å².